The molecule has 0 bridgehead atoms. The average molecular weight is 208 g/mol. The summed E-state index contributed by atoms with van der Waals surface area (Å²) in [5.74, 6) is 0.688. The summed E-state index contributed by atoms with van der Waals surface area (Å²) in [6.45, 7) is 3.93. The Morgan fingerprint density at radius 2 is 2.27 bits per heavy atom. The number of amidine groups is 1. The Kier molecular flexibility index (Phi) is 4.28. The molecule has 0 fully saturated rings. The first kappa shape index (κ1) is 11.7. The molecule has 0 saturated carbocycles. The van der Waals surface area contributed by atoms with E-state index in [4.69, 9.17) is 0 Å². The Morgan fingerprint density at radius 3 is 2.93 bits per heavy atom. The van der Waals surface area contributed by atoms with Crippen molar-refractivity contribution >= 4 is 5.84 Å². The molecule has 1 atom stereocenters. The van der Waals surface area contributed by atoms with E-state index in [2.05, 4.69) is 10.3 Å². The van der Waals surface area contributed by atoms with E-state index in [1.54, 1.807) is 0 Å². The van der Waals surface area contributed by atoms with Crippen LogP contribution in [-0.2, 0) is 0 Å². The first-order chi connectivity index (χ1) is 7.13. The molecule has 0 aliphatic heterocycles. The van der Waals surface area contributed by atoms with Crippen molar-refractivity contribution in [3.63, 3.8) is 0 Å². The van der Waals surface area contributed by atoms with Gasteiger partial charge in [0.2, 0.25) is 0 Å². The molecule has 82 valence electrons. The van der Waals surface area contributed by atoms with Gasteiger partial charge in [-0.3, -0.25) is 4.99 Å². The molecule has 0 aromatic rings. The Morgan fingerprint density at radius 1 is 1.53 bits per heavy atom. The van der Waals surface area contributed by atoms with E-state index in [1.165, 1.54) is 12.2 Å². The molecule has 2 nitrogen and oxygen atoms in total. The molecular formula is C12H17FN2. The first-order valence-corrected chi connectivity index (χ1v) is 5.08. The van der Waals surface area contributed by atoms with Crippen molar-refractivity contribution in [2.75, 3.05) is 7.05 Å². The van der Waals surface area contributed by atoms with Gasteiger partial charge >= 0.3 is 0 Å². The molecule has 1 aliphatic carbocycles. The van der Waals surface area contributed by atoms with Crippen LogP contribution in [0.5, 0.6) is 0 Å². The molecule has 0 radical (unpaired) electrons. The van der Waals surface area contributed by atoms with Gasteiger partial charge in [-0.15, -0.1) is 0 Å². The van der Waals surface area contributed by atoms with Crippen molar-refractivity contribution in [3.05, 3.63) is 35.7 Å². The van der Waals surface area contributed by atoms with Gasteiger partial charge in [0.25, 0.3) is 0 Å². The molecular weight excluding hydrogens is 191 g/mol. The minimum atomic E-state index is -0.202. The second-order valence-corrected chi connectivity index (χ2v) is 3.54. The maximum atomic E-state index is 12.9. The van der Waals surface area contributed by atoms with Crippen molar-refractivity contribution < 1.29 is 4.39 Å². The number of nitrogens with one attached hydrogen (secondary N) is 1. The van der Waals surface area contributed by atoms with Crippen LogP contribution in [0, 0.1) is 0 Å². The fourth-order valence-electron chi connectivity index (χ4n) is 1.37. The zero-order chi connectivity index (χ0) is 11.3. The molecule has 1 aliphatic rings. The number of hydrogen-bond acceptors (Lipinski definition) is 1. The number of aliphatic imine (C=N–C) groups is 1. The first-order valence-electron chi connectivity index (χ1n) is 5.08. The number of halogens is 1. The van der Waals surface area contributed by atoms with Crippen LogP contribution in [0.25, 0.3) is 0 Å². The van der Waals surface area contributed by atoms with Gasteiger partial charge in [-0.05, 0) is 38.0 Å². The second-order valence-electron chi connectivity index (χ2n) is 3.54. The lowest BCUT2D eigenvalue weighted by atomic mass is 10.1. The number of allylic oxidation sites excluding steroid dienone is 5. The smallest absolute Gasteiger partial charge is 0.122 e. The van der Waals surface area contributed by atoms with Gasteiger partial charge in [0, 0.05) is 7.05 Å². The van der Waals surface area contributed by atoms with Gasteiger partial charge in [-0.2, -0.15) is 0 Å². The van der Waals surface area contributed by atoms with Crippen molar-refractivity contribution in [1.82, 2.24) is 5.32 Å². The molecule has 15 heavy (non-hydrogen) atoms. The molecule has 1 unspecified atom stereocenters. The van der Waals surface area contributed by atoms with E-state index in [0.717, 1.165) is 17.8 Å². The van der Waals surface area contributed by atoms with Gasteiger partial charge in [0.05, 0.1) is 11.9 Å². The summed E-state index contributed by atoms with van der Waals surface area (Å²) < 4.78 is 12.9. The van der Waals surface area contributed by atoms with E-state index < -0.39 is 0 Å². The summed E-state index contributed by atoms with van der Waals surface area (Å²) in [6, 6.07) is 0.0873. The zero-order valence-electron chi connectivity index (χ0n) is 9.42. The van der Waals surface area contributed by atoms with Crippen LogP contribution >= 0.6 is 0 Å². The van der Waals surface area contributed by atoms with Gasteiger partial charge in [-0.25, -0.2) is 4.39 Å². The van der Waals surface area contributed by atoms with Crippen LogP contribution in [0.1, 0.15) is 20.3 Å². The highest BCUT2D eigenvalue weighted by molar-refractivity contribution is 5.79. The highest BCUT2D eigenvalue weighted by Crippen LogP contribution is 2.17. The molecule has 0 amide bonds. The molecule has 0 aromatic heterocycles. The van der Waals surface area contributed by atoms with Gasteiger partial charge in [0.15, 0.2) is 0 Å². The molecule has 0 saturated heterocycles. The molecule has 0 heterocycles. The highest BCUT2D eigenvalue weighted by Gasteiger charge is 2.07. The van der Waals surface area contributed by atoms with Crippen molar-refractivity contribution in [2.24, 2.45) is 4.99 Å². The SMILES string of the molecule is CN/C(C)=N/C(C)C1=CC=C(F)C=CC1. The standard InChI is InChI=1S/C12H17FN2/c1-9(15-10(2)14-3)11-5-4-6-12(13)8-7-11/h4,6-9H,5H2,1-3H3,(H,14,15). The van der Waals surface area contributed by atoms with Gasteiger partial charge in [0.1, 0.15) is 5.83 Å². The fourth-order valence-corrected chi connectivity index (χ4v) is 1.37. The van der Waals surface area contributed by atoms with Crippen LogP contribution < -0.4 is 5.32 Å². The average Bonchev–Trinajstić information content (AvgIpc) is 2.42. The summed E-state index contributed by atoms with van der Waals surface area (Å²) >= 11 is 0. The lowest BCUT2D eigenvalue weighted by Gasteiger charge is -2.10. The molecule has 1 N–H and O–H groups in total. The quantitative estimate of drug-likeness (QED) is 0.547. The highest BCUT2D eigenvalue weighted by atomic mass is 19.1. The Labute approximate surface area is 90.3 Å². The Bertz CT molecular complexity index is 338. The van der Waals surface area contributed by atoms with Crippen LogP contribution in [-0.4, -0.2) is 18.9 Å². The third-order valence-electron chi connectivity index (χ3n) is 2.37. The third kappa shape index (κ3) is 3.70. The largest absolute Gasteiger partial charge is 0.377 e. The summed E-state index contributed by atoms with van der Waals surface area (Å²) in [6.07, 6.45) is 7.37. The number of rotatable bonds is 2. The molecule has 3 heteroatoms. The molecule has 0 spiro atoms. The topological polar surface area (TPSA) is 24.4 Å². The van der Waals surface area contributed by atoms with Crippen molar-refractivity contribution in [2.45, 2.75) is 26.3 Å². The van der Waals surface area contributed by atoms with Crippen LogP contribution in [0.2, 0.25) is 0 Å². The number of hydrogen-bond donors (Lipinski definition) is 1. The maximum Gasteiger partial charge on any atom is 0.122 e. The maximum absolute atomic E-state index is 12.9. The number of nitrogens with zero attached hydrogens (tertiary/aromatic N) is 1. The Hall–Kier alpha value is -1.38. The summed E-state index contributed by atoms with van der Waals surface area (Å²) in [4.78, 5) is 4.44. The zero-order valence-corrected chi connectivity index (χ0v) is 9.42. The van der Waals surface area contributed by atoms with Crippen LogP contribution in [0.4, 0.5) is 4.39 Å². The van der Waals surface area contributed by atoms with Crippen LogP contribution in [0.15, 0.2) is 40.7 Å². The van der Waals surface area contributed by atoms with E-state index >= 15 is 0 Å². The second kappa shape index (κ2) is 5.49. The minimum Gasteiger partial charge on any atom is -0.377 e. The van der Waals surface area contributed by atoms with Crippen LogP contribution in [0.3, 0.4) is 0 Å². The van der Waals surface area contributed by atoms with Gasteiger partial charge < -0.3 is 5.32 Å². The van der Waals surface area contributed by atoms with Gasteiger partial charge in [-0.1, -0.05) is 12.2 Å². The lowest BCUT2D eigenvalue weighted by Crippen LogP contribution is -2.17. The fraction of sp³-hybridized carbons (Fsp3) is 0.417. The van der Waals surface area contributed by atoms with E-state index in [-0.39, 0.29) is 11.9 Å². The molecule has 1 rings (SSSR count). The van der Waals surface area contributed by atoms with E-state index in [9.17, 15) is 4.39 Å². The molecule has 0 aromatic carbocycles. The van der Waals surface area contributed by atoms with Crippen molar-refractivity contribution in [3.8, 4) is 0 Å². The Balaban J connectivity index is 2.77. The lowest BCUT2D eigenvalue weighted by molar-refractivity contribution is 0.667. The third-order valence-corrected chi connectivity index (χ3v) is 2.37. The predicted octanol–water partition coefficient (Wildman–Crippen LogP) is 2.75. The normalized spacial score (nSPS) is 19.1. The van der Waals surface area contributed by atoms with E-state index in [0.29, 0.717) is 0 Å². The predicted molar refractivity (Wildman–Crippen MR) is 62.7 cm³/mol. The summed E-state index contributed by atoms with van der Waals surface area (Å²) in [7, 11) is 1.84. The monoisotopic (exact) mass is 208 g/mol. The minimum absolute atomic E-state index is 0.0873. The van der Waals surface area contributed by atoms with Crippen molar-refractivity contribution in [1.29, 1.82) is 0 Å². The summed E-state index contributed by atoms with van der Waals surface area (Å²) in [5, 5.41) is 2.97. The van der Waals surface area contributed by atoms with E-state index in [1.807, 2.05) is 33.0 Å². The summed E-state index contributed by atoms with van der Waals surface area (Å²) in [5.41, 5.74) is 1.12.